The van der Waals surface area contributed by atoms with Crippen LogP contribution in [0.25, 0.3) is 0 Å². The van der Waals surface area contributed by atoms with Crippen molar-refractivity contribution in [2.45, 2.75) is 13.3 Å². The molecule has 0 aromatic heterocycles. The third-order valence-corrected chi connectivity index (χ3v) is 3.21. The molecule has 0 saturated carbocycles. The second-order valence-electron chi connectivity index (χ2n) is 4.86. The van der Waals surface area contributed by atoms with Crippen molar-refractivity contribution in [3.05, 3.63) is 48.0 Å². The number of para-hydroxylation sites is 1. The third-order valence-electron chi connectivity index (χ3n) is 3.21. The Morgan fingerprint density at radius 3 is 1.95 bits per heavy atom. The molecule has 0 heterocycles. The molecule has 2 aromatic rings. The van der Waals surface area contributed by atoms with Crippen LogP contribution in [0.3, 0.4) is 0 Å². The molecule has 0 saturated heterocycles. The van der Waals surface area contributed by atoms with Gasteiger partial charge in [-0.05, 0) is 31.2 Å². The van der Waals surface area contributed by atoms with Gasteiger partial charge in [0.2, 0.25) is 5.75 Å². The Balaban J connectivity index is 1.80. The maximum absolute atomic E-state index is 5.78. The minimum Gasteiger partial charge on any atom is -0.493 e. The van der Waals surface area contributed by atoms with Crippen LogP contribution in [-0.4, -0.2) is 27.4 Å². The van der Waals surface area contributed by atoms with Crippen LogP contribution in [0.15, 0.2) is 42.5 Å². The quantitative estimate of drug-likeness (QED) is 0.694. The van der Waals surface area contributed by atoms with Gasteiger partial charge in [-0.1, -0.05) is 23.8 Å². The van der Waals surface area contributed by atoms with Crippen LogP contribution in [0, 0.1) is 6.92 Å². The van der Waals surface area contributed by atoms with Crippen molar-refractivity contribution in [2.24, 2.45) is 0 Å². The summed E-state index contributed by atoms with van der Waals surface area (Å²) in [5.74, 6) is 2.83. The fourth-order valence-corrected chi connectivity index (χ4v) is 2.02. The third kappa shape index (κ3) is 4.32. The molecule has 0 bridgehead atoms. The molecule has 0 unspecified atom stereocenters. The summed E-state index contributed by atoms with van der Waals surface area (Å²) in [5, 5.41) is 0. The molecule has 22 heavy (non-hydrogen) atoms. The van der Waals surface area contributed by atoms with Crippen LogP contribution in [0.1, 0.15) is 12.0 Å². The molecule has 4 heteroatoms. The largest absolute Gasteiger partial charge is 0.493 e. The number of methoxy groups -OCH3 is 2. The summed E-state index contributed by atoms with van der Waals surface area (Å²) in [6, 6.07) is 13.6. The molecular formula is C18H22O4. The van der Waals surface area contributed by atoms with Gasteiger partial charge in [-0.3, -0.25) is 0 Å². The van der Waals surface area contributed by atoms with Crippen LogP contribution in [0.2, 0.25) is 0 Å². The van der Waals surface area contributed by atoms with Gasteiger partial charge in [0.1, 0.15) is 5.75 Å². The second kappa shape index (κ2) is 8.17. The number of aryl methyl sites for hydroxylation is 1. The maximum Gasteiger partial charge on any atom is 0.203 e. The van der Waals surface area contributed by atoms with E-state index in [-0.39, 0.29) is 0 Å². The van der Waals surface area contributed by atoms with Gasteiger partial charge in [-0.25, -0.2) is 0 Å². The van der Waals surface area contributed by atoms with Crippen molar-refractivity contribution in [3.63, 3.8) is 0 Å². The minimum atomic E-state index is 0.530. The predicted molar refractivity (Wildman–Crippen MR) is 86.3 cm³/mol. The summed E-state index contributed by atoms with van der Waals surface area (Å²) in [5.41, 5.74) is 1.22. The zero-order valence-corrected chi connectivity index (χ0v) is 13.3. The van der Waals surface area contributed by atoms with Crippen molar-refractivity contribution < 1.29 is 18.9 Å². The van der Waals surface area contributed by atoms with Crippen LogP contribution in [0.4, 0.5) is 0 Å². The van der Waals surface area contributed by atoms with E-state index in [0.717, 1.165) is 12.2 Å². The molecule has 0 fully saturated rings. The highest BCUT2D eigenvalue weighted by molar-refractivity contribution is 5.51. The van der Waals surface area contributed by atoms with E-state index in [0.29, 0.717) is 30.5 Å². The van der Waals surface area contributed by atoms with Crippen molar-refractivity contribution in [3.8, 4) is 23.0 Å². The van der Waals surface area contributed by atoms with Gasteiger partial charge in [0.25, 0.3) is 0 Å². The van der Waals surface area contributed by atoms with E-state index in [2.05, 4.69) is 6.92 Å². The predicted octanol–water partition coefficient (Wildman–Crippen LogP) is 3.86. The maximum atomic E-state index is 5.78. The standard InChI is InChI=1S/C18H22O4/c1-14-8-10-15(11-9-14)21-12-5-13-22-18-16(19-2)6-4-7-17(18)20-3/h4,6-11H,5,12-13H2,1-3H3. The molecule has 0 N–H and O–H groups in total. The summed E-state index contributed by atoms with van der Waals surface area (Å²) >= 11 is 0. The zero-order valence-electron chi connectivity index (χ0n) is 13.3. The second-order valence-corrected chi connectivity index (χ2v) is 4.86. The lowest BCUT2D eigenvalue weighted by Gasteiger charge is -2.14. The fraction of sp³-hybridized carbons (Fsp3) is 0.333. The Hall–Kier alpha value is -2.36. The van der Waals surface area contributed by atoms with Gasteiger partial charge >= 0.3 is 0 Å². The van der Waals surface area contributed by atoms with Gasteiger partial charge in [-0.15, -0.1) is 0 Å². The molecule has 0 radical (unpaired) electrons. The number of ether oxygens (including phenoxy) is 4. The van der Waals surface area contributed by atoms with E-state index in [1.807, 2.05) is 42.5 Å². The van der Waals surface area contributed by atoms with Crippen LogP contribution >= 0.6 is 0 Å². The van der Waals surface area contributed by atoms with Crippen molar-refractivity contribution >= 4 is 0 Å². The van der Waals surface area contributed by atoms with Crippen LogP contribution in [0.5, 0.6) is 23.0 Å². The van der Waals surface area contributed by atoms with Crippen LogP contribution in [-0.2, 0) is 0 Å². The lowest BCUT2D eigenvalue weighted by Crippen LogP contribution is -2.06. The van der Waals surface area contributed by atoms with Gasteiger partial charge in [0.15, 0.2) is 11.5 Å². The highest BCUT2D eigenvalue weighted by Crippen LogP contribution is 2.36. The first-order valence-corrected chi connectivity index (χ1v) is 7.28. The van der Waals surface area contributed by atoms with Gasteiger partial charge < -0.3 is 18.9 Å². The van der Waals surface area contributed by atoms with E-state index in [1.165, 1.54) is 5.56 Å². The van der Waals surface area contributed by atoms with Crippen LogP contribution < -0.4 is 18.9 Å². The number of hydrogen-bond donors (Lipinski definition) is 0. The molecule has 2 rings (SSSR count). The summed E-state index contributed by atoms with van der Waals surface area (Å²) in [7, 11) is 3.23. The van der Waals surface area contributed by atoms with Gasteiger partial charge in [-0.2, -0.15) is 0 Å². The lowest BCUT2D eigenvalue weighted by molar-refractivity contribution is 0.232. The average Bonchev–Trinajstić information content (AvgIpc) is 2.56. The number of benzene rings is 2. The van der Waals surface area contributed by atoms with E-state index in [1.54, 1.807) is 14.2 Å². The highest BCUT2D eigenvalue weighted by atomic mass is 16.5. The summed E-state index contributed by atoms with van der Waals surface area (Å²) < 4.78 is 22.0. The molecule has 0 aliphatic carbocycles. The molecule has 2 aromatic carbocycles. The molecule has 118 valence electrons. The monoisotopic (exact) mass is 302 g/mol. The van der Waals surface area contributed by atoms with Gasteiger partial charge in [0, 0.05) is 6.42 Å². The van der Waals surface area contributed by atoms with Crippen molar-refractivity contribution in [2.75, 3.05) is 27.4 Å². The van der Waals surface area contributed by atoms with E-state index in [4.69, 9.17) is 18.9 Å². The Morgan fingerprint density at radius 1 is 0.773 bits per heavy atom. The Bertz CT molecular complexity index is 556. The van der Waals surface area contributed by atoms with E-state index < -0.39 is 0 Å². The molecule has 0 spiro atoms. The fourth-order valence-electron chi connectivity index (χ4n) is 2.02. The number of hydrogen-bond acceptors (Lipinski definition) is 4. The first kappa shape index (κ1) is 16.0. The topological polar surface area (TPSA) is 36.9 Å². The number of rotatable bonds is 8. The lowest BCUT2D eigenvalue weighted by atomic mass is 10.2. The van der Waals surface area contributed by atoms with Gasteiger partial charge in [0.05, 0.1) is 27.4 Å². The SMILES string of the molecule is COc1cccc(OC)c1OCCCOc1ccc(C)cc1. The Morgan fingerprint density at radius 2 is 1.36 bits per heavy atom. The summed E-state index contributed by atoms with van der Waals surface area (Å²) in [6.07, 6.45) is 0.773. The summed E-state index contributed by atoms with van der Waals surface area (Å²) in [6.45, 7) is 3.18. The van der Waals surface area contributed by atoms with E-state index >= 15 is 0 Å². The molecular weight excluding hydrogens is 280 g/mol. The minimum absolute atomic E-state index is 0.530. The Labute approximate surface area is 131 Å². The zero-order chi connectivity index (χ0) is 15.8. The first-order chi connectivity index (χ1) is 10.7. The smallest absolute Gasteiger partial charge is 0.203 e. The molecule has 0 atom stereocenters. The van der Waals surface area contributed by atoms with Crippen molar-refractivity contribution in [1.82, 2.24) is 0 Å². The molecule has 4 nitrogen and oxygen atoms in total. The molecule has 0 amide bonds. The van der Waals surface area contributed by atoms with E-state index in [9.17, 15) is 0 Å². The average molecular weight is 302 g/mol. The highest BCUT2D eigenvalue weighted by Gasteiger charge is 2.10. The molecule has 0 aliphatic heterocycles. The summed E-state index contributed by atoms with van der Waals surface area (Å²) in [4.78, 5) is 0. The normalized spacial score (nSPS) is 10.1. The first-order valence-electron chi connectivity index (χ1n) is 7.28. The molecule has 0 aliphatic rings. The Kier molecular flexibility index (Phi) is 5.95. The van der Waals surface area contributed by atoms with Crippen molar-refractivity contribution in [1.29, 1.82) is 0 Å².